The number of hydrogen-bond acceptors (Lipinski definition) is 4. The number of carbonyl (C=O) groups excluding carboxylic acids is 1. The molecule has 27 heavy (non-hydrogen) atoms. The summed E-state index contributed by atoms with van der Waals surface area (Å²) in [4.78, 5) is 30.0. The fourth-order valence-electron chi connectivity index (χ4n) is 2.71. The maximum atomic E-state index is 13.1. The molecule has 0 spiro atoms. The highest BCUT2D eigenvalue weighted by Crippen LogP contribution is 2.25. The third kappa shape index (κ3) is 4.05. The van der Waals surface area contributed by atoms with Gasteiger partial charge in [-0.1, -0.05) is 39.7 Å². The van der Waals surface area contributed by atoms with Crippen molar-refractivity contribution in [3.8, 4) is 11.4 Å². The first-order valence-electron chi connectivity index (χ1n) is 8.24. The van der Waals surface area contributed by atoms with Crippen molar-refractivity contribution in [3.63, 3.8) is 0 Å². The van der Waals surface area contributed by atoms with Crippen LogP contribution in [0.1, 0.15) is 20.1 Å². The summed E-state index contributed by atoms with van der Waals surface area (Å²) in [5, 5.41) is 14.0. The number of rotatable bonds is 4. The van der Waals surface area contributed by atoms with Gasteiger partial charge in [0.15, 0.2) is 0 Å². The van der Waals surface area contributed by atoms with Crippen LogP contribution in [0.15, 0.2) is 51.7 Å². The second-order valence-corrected chi connectivity index (χ2v) is 7.67. The zero-order chi connectivity index (χ0) is 19.7. The molecule has 0 saturated heterocycles. The largest absolute Gasteiger partial charge is 0.365 e. The number of aliphatic hydroxyl groups is 1. The molecule has 0 fully saturated rings. The molecule has 0 saturated carbocycles. The van der Waals surface area contributed by atoms with Crippen LogP contribution in [0, 0.1) is 0 Å². The van der Waals surface area contributed by atoms with E-state index in [2.05, 4.69) is 26.2 Å². The van der Waals surface area contributed by atoms with Crippen LogP contribution in [0.25, 0.3) is 22.3 Å². The van der Waals surface area contributed by atoms with Crippen molar-refractivity contribution in [2.24, 2.45) is 0 Å². The molecule has 140 valence electrons. The minimum absolute atomic E-state index is 0.156. The highest BCUT2D eigenvalue weighted by molar-refractivity contribution is 9.10. The number of amides is 1. The van der Waals surface area contributed by atoms with E-state index in [9.17, 15) is 14.7 Å². The predicted molar refractivity (Wildman–Crippen MR) is 109 cm³/mol. The number of aromatic nitrogens is 2. The summed E-state index contributed by atoms with van der Waals surface area (Å²) >= 11 is 9.40. The van der Waals surface area contributed by atoms with E-state index in [1.165, 1.54) is 0 Å². The van der Waals surface area contributed by atoms with E-state index < -0.39 is 17.7 Å². The van der Waals surface area contributed by atoms with Crippen LogP contribution < -0.4 is 10.9 Å². The second-order valence-electron chi connectivity index (χ2n) is 6.32. The Kier molecular flexibility index (Phi) is 5.64. The number of benzene rings is 2. The molecule has 0 bridgehead atoms. The Labute approximate surface area is 168 Å². The van der Waals surface area contributed by atoms with Gasteiger partial charge in [0.2, 0.25) is 6.23 Å². The van der Waals surface area contributed by atoms with Gasteiger partial charge in [0.05, 0.1) is 10.9 Å². The van der Waals surface area contributed by atoms with Crippen LogP contribution in [0.4, 0.5) is 0 Å². The molecule has 3 aromatic rings. The lowest BCUT2D eigenvalue weighted by Gasteiger charge is -2.20. The van der Waals surface area contributed by atoms with Gasteiger partial charge in [0.1, 0.15) is 5.82 Å². The normalized spacial score (nSPS) is 12.4. The van der Waals surface area contributed by atoms with E-state index in [0.717, 1.165) is 4.57 Å². The number of carbonyl (C=O) groups is 1. The minimum atomic E-state index is -1.73. The summed E-state index contributed by atoms with van der Waals surface area (Å²) in [6.45, 7) is 3.53. The van der Waals surface area contributed by atoms with Crippen LogP contribution in [0.5, 0.6) is 0 Å². The molecule has 8 heteroatoms. The van der Waals surface area contributed by atoms with Crippen molar-refractivity contribution in [1.82, 2.24) is 14.9 Å². The van der Waals surface area contributed by atoms with Crippen LogP contribution >= 0.6 is 27.5 Å². The summed E-state index contributed by atoms with van der Waals surface area (Å²) in [7, 11) is 0. The third-order valence-electron chi connectivity index (χ3n) is 3.86. The van der Waals surface area contributed by atoms with Gasteiger partial charge in [-0.3, -0.25) is 14.2 Å². The molecule has 1 aromatic heterocycles. The van der Waals surface area contributed by atoms with Gasteiger partial charge in [0.25, 0.3) is 11.5 Å². The van der Waals surface area contributed by atoms with Crippen LogP contribution in [0.3, 0.4) is 0 Å². The van der Waals surface area contributed by atoms with E-state index in [0.29, 0.717) is 20.6 Å². The molecule has 0 aliphatic carbocycles. The molecule has 2 aromatic carbocycles. The number of aliphatic hydroxyl groups excluding tert-OH is 1. The van der Waals surface area contributed by atoms with Crippen molar-refractivity contribution in [2.45, 2.75) is 26.1 Å². The van der Waals surface area contributed by atoms with Gasteiger partial charge >= 0.3 is 0 Å². The molecule has 1 unspecified atom stereocenters. The van der Waals surface area contributed by atoms with Crippen molar-refractivity contribution in [3.05, 3.63) is 62.3 Å². The lowest BCUT2D eigenvalue weighted by molar-refractivity contribution is -0.134. The Morgan fingerprint density at radius 1 is 1.26 bits per heavy atom. The fourth-order valence-corrected chi connectivity index (χ4v) is 3.26. The Hall–Kier alpha value is -2.22. The van der Waals surface area contributed by atoms with Gasteiger partial charge in [0, 0.05) is 21.1 Å². The number of hydrogen-bond donors (Lipinski definition) is 2. The number of nitrogens with zero attached hydrogens (tertiary/aromatic N) is 2. The Morgan fingerprint density at radius 2 is 2.00 bits per heavy atom. The first-order valence-corrected chi connectivity index (χ1v) is 9.41. The smallest absolute Gasteiger partial charge is 0.270 e. The van der Waals surface area contributed by atoms with E-state index in [4.69, 9.17) is 11.6 Å². The Morgan fingerprint density at radius 3 is 2.67 bits per heavy atom. The van der Waals surface area contributed by atoms with Crippen LogP contribution in [-0.2, 0) is 4.79 Å². The molecule has 0 aliphatic heterocycles. The first-order chi connectivity index (χ1) is 12.8. The van der Waals surface area contributed by atoms with Crippen LogP contribution in [-0.4, -0.2) is 26.6 Å². The second kappa shape index (κ2) is 7.80. The molecule has 1 heterocycles. The minimum Gasteiger partial charge on any atom is -0.365 e. The van der Waals surface area contributed by atoms with E-state index >= 15 is 0 Å². The SMILES string of the molecule is CC(C)NC(=O)C(O)n1c(-c2cccc(Cl)c2)nc2ccc(Br)cc2c1=O. The standard InChI is InChI=1S/C19H17BrClN3O3/c1-10(2)22-17(25)19(27)24-16(11-4-3-5-13(21)8-11)23-15-7-6-12(20)9-14(15)18(24)26/h3-10,19,27H,1-2H3,(H,22,25). The summed E-state index contributed by atoms with van der Waals surface area (Å²) in [5.41, 5.74) is 0.439. The first kappa shape index (κ1) is 19.5. The van der Waals surface area contributed by atoms with Crippen molar-refractivity contribution >= 4 is 44.3 Å². The summed E-state index contributed by atoms with van der Waals surface area (Å²) < 4.78 is 1.68. The molecule has 0 radical (unpaired) electrons. The fraction of sp³-hybridized carbons (Fsp3) is 0.211. The maximum Gasteiger partial charge on any atom is 0.270 e. The van der Waals surface area contributed by atoms with Gasteiger partial charge in [-0.25, -0.2) is 4.98 Å². The lowest BCUT2D eigenvalue weighted by atomic mass is 10.1. The predicted octanol–water partition coefficient (Wildman–Crippen LogP) is 3.49. The summed E-state index contributed by atoms with van der Waals surface area (Å²) in [6.07, 6.45) is -1.73. The molecular formula is C19H17BrClN3O3. The van der Waals surface area contributed by atoms with E-state index in [1.54, 1.807) is 56.3 Å². The topological polar surface area (TPSA) is 84.2 Å². The van der Waals surface area contributed by atoms with Crippen molar-refractivity contribution in [1.29, 1.82) is 0 Å². The number of nitrogens with one attached hydrogen (secondary N) is 1. The molecule has 1 atom stereocenters. The van der Waals surface area contributed by atoms with Gasteiger partial charge in [-0.05, 0) is 44.2 Å². The molecule has 2 N–H and O–H groups in total. The molecular weight excluding hydrogens is 434 g/mol. The van der Waals surface area contributed by atoms with Gasteiger partial charge < -0.3 is 10.4 Å². The Bertz CT molecular complexity index is 1080. The summed E-state index contributed by atoms with van der Waals surface area (Å²) in [5.74, 6) is -0.532. The average Bonchev–Trinajstić information content (AvgIpc) is 2.61. The molecule has 0 aliphatic rings. The zero-order valence-corrected chi connectivity index (χ0v) is 17.0. The quantitative estimate of drug-likeness (QED) is 0.637. The number of halogens is 2. The van der Waals surface area contributed by atoms with E-state index in [-0.39, 0.29) is 17.3 Å². The lowest BCUT2D eigenvalue weighted by Crippen LogP contribution is -2.41. The van der Waals surface area contributed by atoms with Crippen molar-refractivity contribution < 1.29 is 9.90 Å². The Balaban J connectivity index is 2.30. The molecule has 6 nitrogen and oxygen atoms in total. The third-order valence-corrected chi connectivity index (χ3v) is 4.58. The monoisotopic (exact) mass is 449 g/mol. The van der Waals surface area contributed by atoms with E-state index in [1.807, 2.05) is 0 Å². The van der Waals surface area contributed by atoms with Crippen molar-refractivity contribution in [2.75, 3.05) is 0 Å². The van der Waals surface area contributed by atoms with Crippen LogP contribution in [0.2, 0.25) is 5.02 Å². The zero-order valence-electron chi connectivity index (χ0n) is 14.6. The summed E-state index contributed by atoms with van der Waals surface area (Å²) in [6, 6.07) is 11.6. The average molecular weight is 451 g/mol. The molecule has 3 rings (SSSR count). The number of fused-ring (bicyclic) bond motifs is 1. The highest BCUT2D eigenvalue weighted by atomic mass is 79.9. The molecule has 1 amide bonds. The van der Waals surface area contributed by atoms with Gasteiger partial charge in [-0.2, -0.15) is 0 Å². The maximum absolute atomic E-state index is 13.1. The highest BCUT2D eigenvalue weighted by Gasteiger charge is 2.25. The van der Waals surface area contributed by atoms with Gasteiger partial charge in [-0.15, -0.1) is 0 Å².